The molecule has 0 aliphatic carbocycles. The van der Waals surface area contributed by atoms with Crippen LogP contribution in [0.25, 0.3) is 0 Å². The number of hydrogen-bond donors (Lipinski definition) is 0. The van der Waals surface area contributed by atoms with Crippen molar-refractivity contribution in [3.63, 3.8) is 0 Å². The third kappa shape index (κ3) is 2.81. The molecule has 0 spiro atoms. The highest BCUT2D eigenvalue weighted by molar-refractivity contribution is 9.09. The van der Waals surface area contributed by atoms with Crippen molar-refractivity contribution in [2.45, 2.75) is 0 Å². The summed E-state index contributed by atoms with van der Waals surface area (Å²) in [4.78, 5) is 0. The monoisotopic (exact) mass is 216 g/mol. The fraction of sp³-hybridized carbons (Fsp3) is 0.250. The molecule has 0 aromatic heterocycles. The number of halogens is 1. The molecule has 0 saturated heterocycles. The van der Waals surface area contributed by atoms with E-state index in [2.05, 4.69) is 46.3 Å². The van der Waals surface area contributed by atoms with E-state index < -0.39 is 0 Å². The highest BCUT2D eigenvalue weighted by Gasteiger charge is 1.87. The predicted octanol–water partition coefficient (Wildman–Crippen LogP) is 2.39. The zero-order valence-corrected chi connectivity index (χ0v) is 8.26. The van der Waals surface area contributed by atoms with Gasteiger partial charge in [0, 0.05) is 5.33 Å². The molecule has 0 fully saturated rings. The topological polar surface area (TPSA) is 0 Å². The zero-order chi connectivity index (χ0) is 7.23. The molecule has 1 unspecified atom stereocenters. The highest BCUT2D eigenvalue weighted by Crippen LogP contribution is 2.09. The molecule has 0 heterocycles. The van der Waals surface area contributed by atoms with Crippen LogP contribution >= 0.6 is 24.5 Å². The van der Waals surface area contributed by atoms with Gasteiger partial charge in [-0.25, -0.2) is 0 Å². The minimum absolute atomic E-state index is 0.958. The molecule has 0 nitrogen and oxygen atoms in total. The average Bonchev–Trinajstić information content (AvgIpc) is 2.03. The lowest BCUT2D eigenvalue weighted by Crippen LogP contribution is -1.93. The Labute approximate surface area is 71.9 Å². The second-order valence-electron chi connectivity index (χ2n) is 1.98. The molecule has 2 heteroatoms. The first-order chi connectivity index (χ1) is 4.93. The Balaban J connectivity index is 2.43. The van der Waals surface area contributed by atoms with Crippen LogP contribution in [0.1, 0.15) is 0 Å². The first-order valence-corrected chi connectivity index (χ1v) is 5.61. The number of benzene rings is 1. The van der Waals surface area contributed by atoms with Gasteiger partial charge in [-0.1, -0.05) is 54.8 Å². The van der Waals surface area contributed by atoms with Gasteiger partial charge in [0.1, 0.15) is 0 Å². The Kier molecular flexibility index (Phi) is 4.01. The molecule has 1 aromatic carbocycles. The first-order valence-electron chi connectivity index (χ1n) is 3.28. The minimum Gasteiger partial charge on any atom is -0.0924 e. The predicted molar refractivity (Wildman–Crippen MR) is 53.1 cm³/mol. The van der Waals surface area contributed by atoms with Crippen LogP contribution < -0.4 is 5.30 Å². The SMILES string of the molecule is BrCCPc1ccccc1. The largest absolute Gasteiger partial charge is 0.0924 e. The molecule has 10 heavy (non-hydrogen) atoms. The molecule has 0 saturated carbocycles. The molecule has 0 aliphatic rings. The molecule has 54 valence electrons. The van der Waals surface area contributed by atoms with Crippen LogP contribution in [0.5, 0.6) is 0 Å². The van der Waals surface area contributed by atoms with Crippen molar-refractivity contribution >= 4 is 29.8 Å². The van der Waals surface area contributed by atoms with Crippen LogP contribution in [0.15, 0.2) is 30.3 Å². The van der Waals surface area contributed by atoms with E-state index in [9.17, 15) is 0 Å². The van der Waals surface area contributed by atoms with Crippen molar-refractivity contribution < 1.29 is 0 Å². The fourth-order valence-corrected chi connectivity index (χ4v) is 2.15. The summed E-state index contributed by atoms with van der Waals surface area (Å²) in [5, 5.41) is 2.57. The van der Waals surface area contributed by atoms with Crippen molar-refractivity contribution in [3.05, 3.63) is 30.3 Å². The van der Waals surface area contributed by atoms with Crippen LogP contribution in [-0.4, -0.2) is 11.5 Å². The Hall–Kier alpha value is 0.130. The highest BCUT2D eigenvalue weighted by atomic mass is 79.9. The molecule has 0 bridgehead atoms. The van der Waals surface area contributed by atoms with Crippen molar-refractivity contribution in [2.75, 3.05) is 11.5 Å². The van der Waals surface area contributed by atoms with Crippen molar-refractivity contribution in [2.24, 2.45) is 0 Å². The molecule has 0 aliphatic heterocycles. The van der Waals surface area contributed by atoms with Gasteiger partial charge in [0.05, 0.1) is 0 Å². The van der Waals surface area contributed by atoms with Gasteiger partial charge >= 0.3 is 0 Å². The number of alkyl halides is 1. The molecule has 1 rings (SSSR count). The van der Waals surface area contributed by atoms with E-state index in [4.69, 9.17) is 0 Å². The molecule has 1 aromatic rings. The Morgan fingerprint density at radius 3 is 2.50 bits per heavy atom. The van der Waals surface area contributed by atoms with Gasteiger partial charge in [0.25, 0.3) is 0 Å². The molecule has 0 amide bonds. The molecule has 0 radical (unpaired) electrons. The van der Waals surface area contributed by atoms with Crippen molar-refractivity contribution in [1.82, 2.24) is 0 Å². The molecule has 1 atom stereocenters. The van der Waals surface area contributed by atoms with E-state index in [0.29, 0.717) is 0 Å². The van der Waals surface area contributed by atoms with E-state index in [1.807, 2.05) is 0 Å². The summed E-state index contributed by atoms with van der Waals surface area (Å²) in [6, 6.07) is 10.6. The van der Waals surface area contributed by atoms with E-state index >= 15 is 0 Å². The maximum atomic E-state index is 3.41. The summed E-state index contributed by atoms with van der Waals surface area (Å²) in [7, 11) is 0.958. The number of hydrogen-bond acceptors (Lipinski definition) is 0. The Bertz CT molecular complexity index is 174. The van der Waals surface area contributed by atoms with Crippen LogP contribution in [0, 0.1) is 0 Å². The fourth-order valence-electron chi connectivity index (χ4n) is 0.748. The minimum atomic E-state index is 0.958. The van der Waals surface area contributed by atoms with Crippen LogP contribution in [0.3, 0.4) is 0 Å². The standard InChI is InChI=1S/C8H10BrP/c9-6-7-10-8-4-2-1-3-5-8/h1-5,10H,6-7H2. The smallest absolute Gasteiger partial charge is 0.00712 e. The third-order valence-corrected chi connectivity index (χ3v) is 3.57. The molecule has 0 N–H and O–H groups in total. The molecular weight excluding hydrogens is 207 g/mol. The maximum Gasteiger partial charge on any atom is 0.00712 e. The van der Waals surface area contributed by atoms with E-state index in [-0.39, 0.29) is 0 Å². The van der Waals surface area contributed by atoms with Gasteiger partial charge in [0.15, 0.2) is 0 Å². The summed E-state index contributed by atoms with van der Waals surface area (Å²) in [6.45, 7) is 0. The first kappa shape index (κ1) is 8.23. The van der Waals surface area contributed by atoms with Gasteiger partial charge in [-0.3, -0.25) is 0 Å². The van der Waals surface area contributed by atoms with E-state index in [1.165, 1.54) is 11.5 Å². The summed E-state index contributed by atoms with van der Waals surface area (Å²) in [6.07, 6.45) is 1.25. The molecular formula is C8H10BrP. The zero-order valence-electron chi connectivity index (χ0n) is 5.68. The average molecular weight is 217 g/mol. The normalized spacial score (nSPS) is 10.9. The second-order valence-corrected chi connectivity index (χ2v) is 4.21. The van der Waals surface area contributed by atoms with Crippen LogP contribution in [-0.2, 0) is 0 Å². The van der Waals surface area contributed by atoms with Crippen molar-refractivity contribution in [1.29, 1.82) is 0 Å². The van der Waals surface area contributed by atoms with Gasteiger partial charge in [-0.05, 0) is 11.5 Å². The van der Waals surface area contributed by atoms with Crippen molar-refractivity contribution in [3.8, 4) is 0 Å². The Morgan fingerprint density at radius 2 is 1.90 bits per heavy atom. The van der Waals surface area contributed by atoms with E-state index in [1.54, 1.807) is 0 Å². The summed E-state index contributed by atoms with van der Waals surface area (Å²) >= 11 is 3.41. The lowest BCUT2D eigenvalue weighted by molar-refractivity contribution is 1.57. The van der Waals surface area contributed by atoms with Gasteiger partial charge < -0.3 is 0 Å². The van der Waals surface area contributed by atoms with Gasteiger partial charge in [-0.2, -0.15) is 0 Å². The van der Waals surface area contributed by atoms with E-state index in [0.717, 1.165) is 13.9 Å². The quantitative estimate of drug-likeness (QED) is 0.538. The Morgan fingerprint density at radius 1 is 1.20 bits per heavy atom. The van der Waals surface area contributed by atoms with Crippen LogP contribution in [0.2, 0.25) is 0 Å². The lowest BCUT2D eigenvalue weighted by atomic mass is 10.4. The maximum absolute atomic E-state index is 3.41. The second kappa shape index (κ2) is 4.87. The third-order valence-electron chi connectivity index (χ3n) is 1.20. The van der Waals surface area contributed by atoms with Crippen LogP contribution in [0.4, 0.5) is 0 Å². The summed E-state index contributed by atoms with van der Waals surface area (Å²) in [5.41, 5.74) is 0. The lowest BCUT2D eigenvalue weighted by Gasteiger charge is -1.96. The summed E-state index contributed by atoms with van der Waals surface area (Å²) < 4.78 is 0. The van der Waals surface area contributed by atoms with Gasteiger partial charge in [0.2, 0.25) is 0 Å². The number of rotatable bonds is 3. The summed E-state index contributed by atoms with van der Waals surface area (Å²) in [5.74, 6) is 0. The van der Waals surface area contributed by atoms with Gasteiger partial charge in [-0.15, -0.1) is 0 Å².